The van der Waals surface area contributed by atoms with Crippen molar-refractivity contribution in [2.75, 3.05) is 27.3 Å². The zero-order chi connectivity index (χ0) is 24.5. The summed E-state index contributed by atoms with van der Waals surface area (Å²) < 4.78 is 16.3. The molecule has 1 aromatic heterocycles. The number of hydrogen-bond acceptors (Lipinski definition) is 5. The van der Waals surface area contributed by atoms with Crippen molar-refractivity contribution in [2.45, 2.75) is 32.9 Å². The second-order valence-corrected chi connectivity index (χ2v) is 8.19. The maximum absolute atomic E-state index is 13.6. The lowest BCUT2D eigenvalue weighted by Crippen LogP contribution is -2.46. The standard InChI is InChI=1S/C27H32N2O5/c1-20(2)29(27(31)26-23(32-3)13-8-14-24(26)33-4)19-25(30)28(18-22-12-9-17-34-22)16-15-21-10-6-5-7-11-21/h5-14,17,20H,15-16,18-19H2,1-4H3. The lowest BCUT2D eigenvalue weighted by atomic mass is 10.1. The number of hydrogen-bond donors (Lipinski definition) is 0. The van der Waals surface area contributed by atoms with Gasteiger partial charge in [-0.25, -0.2) is 0 Å². The molecule has 0 saturated carbocycles. The van der Waals surface area contributed by atoms with E-state index in [4.69, 9.17) is 13.9 Å². The molecule has 3 rings (SSSR count). The smallest absolute Gasteiger partial charge is 0.262 e. The van der Waals surface area contributed by atoms with Gasteiger partial charge in [-0.2, -0.15) is 0 Å². The van der Waals surface area contributed by atoms with Crippen LogP contribution >= 0.6 is 0 Å². The lowest BCUT2D eigenvalue weighted by molar-refractivity contribution is -0.133. The quantitative estimate of drug-likeness (QED) is 0.420. The Kier molecular flexibility index (Phi) is 8.73. The molecule has 2 aromatic carbocycles. The number of rotatable bonds is 11. The van der Waals surface area contributed by atoms with Gasteiger partial charge in [0.1, 0.15) is 29.4 Å². The highest BCUT2D eigenvalue weighted by molar-refractivity contribution is 6.01. The average Bonchev–Trinajstić information content (AvgIpc) is 3.37. The summed E-state index contributed by atoms with van der Waals surface area (Å²) in [4.78, 5) is 30.3. The van der Waals surface area contributed by atoms with E-state index in [1.54, 1.807) is 40.3 Å². The van der Waals surface area contributed by atoms with Crippen LogP contribution < -0.4 is 9.47 Å². The van der Waals surface area contributed by atoms with E-state index in [9.17, 15) is 9.59 Å². The Labute approximate surface area is 200 Å². The largest absolute Gasteiger partial charge is 0.496 e. The number of furan rings is 1. The molecule has 0 N–H and O–H groups in total. The molecule has 180 valence electrons. The predicted molar refractivity (Wildman–Crippen MR) is 130 cm³/mol. The Morgan fingerprint density at radius 2 is 1.59 bits per heavy atom. The monoisotopic (exact) mass is 464 g/mol. The van der Waals surface area contributed by atoms with E-state index in [0.29, 0.717) is 42.3 Å². The number of carbonyl (C=O) groups is 2. The van der Waals surface area contributed by atoms with Gasteiger partial charge in [0.2, 0.25) is 5.91 Å². The molecule has 0 atom stereocenters. The van der Waals surface area contributed by atoms with Crippen molar-refractivity contribution < 1.29 is 23.5 Å². The van der Waals surface area contributed by atoms with Gasteiger partial charge in [-0.1, -0.05) is 36.4 Å². The molecule has 7 nitrogen and oxygen atoms in total. The fourth-order valence-corrected chi connectivity index (χ4v) is 3.73. The third-order valence-corrected chi connectivity index (χ3v) is 5.62. The molecule has 34 heavy (non-hydrogen) atoms. The van der Waals surface area contributed by atoms with E-state index in [1.165, 1.54) is 14.2 Å². The first kappa shape index (κ1) is 24.9. The van der Waals surface area contributed by atoms with Gasteiger partial charge in [0.05, 0.1) is 27.0 Å². The van der Waals surface area contributed by atoms with E-state index in [-0.39, 0.29) is 24.4 Å². The summed E-state index contributed by atoms with van der Waals surface area (Å²) in [5.41, 5.74) is 1.44. The highest BCUT2D eigenvalue weighted by Gasteiger charge is 2.29. The highest BCUT2D eigenvalue weighted by atomic mass is 16.5. The Morgan fingerprint density at radius 1 is 0.912 bits per heavy atom. The van der Waals surface area contributed by atoms with Gasteiger partial charge in [0, 0.05) is 12.6 Å². The summed E-state index contributed by atoms with van der Waals surface area (Å²) in [6.07, 6.45) is 2.29. The topological polar surface area (TPSA) is 72.2 Å². The third kappa shape index (κ3) is 6.19. The van der Waals surface area contributed by atoms with E-state index in [0.717, 1.165) is 5.56 Å². The van der Waals surface area contributed by atoms with Crippen molar-refractivity contribution in [1.29, 1.82) is 0 Å². The average molecular weight is 465 g/mol. The first-order valence-corrected chi connectivity index (χ1v) is 11.3. The molecule has 2 amide bonds. The minimum atomic E-state index is -0.321. The van der Waals surface area contributed by atoms with Crippen molar-refractivity contribution in [3.63, 3.8) is 0 Å². The lowest BCUT2D eigenvalue weighted by Gasteiger charge is -2.30. The van der Waals surface area contributed by atoms with Crippen LogP contribution in [0.2, 0.25) is 0 Å². The van der Waals surface area contributed by atoms with Crippen molar-refractivity contribution >= 4 is 11.8 Å². The summed E-state index contributed by atoms with van der Waals surface area (Å²) in [5.74, 6) is 1.01. The van der Waals surface area contributed by atoms with E-state index >= 15 is 0 Å². The molecule has 0 saturated heterocycles. The molecular formula is C27H32N2O5. The van der Waals surface area contributed by atoms with Crippen LogP contribution in [0.15, 0.2) is 71.3 Å². The molecule has 0 aliphatic rings. The molecule has 0 unspecified atom stereocenters. The molecule has 7 heteroatoms. The van der Waals surface area contributed by atoms with Crippen LogP contribution in [0.4, 0.5) is 0 Å². The van der Waals surface area contributed by atoms with Gasteiger partial charge in [-0.05, 0) is 50.1 Å². The maximum atomic E-state index is 13.6. The molecule has 0 radical (unpaired) electrons. The first-order valence-electron chi connectivity index (χ1n) is 11.3. The molecule has 0 aliphatic carbocycles. The van der Waals surface area contributed by atoms with Gasteiger partial charge in [0.25, 0.3) is 5.91 Å². The van der Waals surface area contributed by atoms with E-state index < -0.39 is 0 Å². The Morgan fingerprint density at radius 3 is 2.15 bits per heavy atom. The summed E-state index contributed by atoms with van der Waals surface area (Å²) in [7, 11) is 3.01. The van der Waals surface area contributed by atoms with Crippen LogP contribution in [0, 0.1) is 0 Å². The fraction of sp³-hybridized carbons (Fsp3) is 0.333. The minimum Gasteiger partial charge on any atom is -0.496 e. The van der Waals surface area contributed by atoms with Crippen molar-refractivity contribution in [1.82, 2.24) is 9.80 Å². The van der Waals surface area contributed by atoms with E-state index in [2.05, 4.69) is 0 Å². The Balaban J connectivity index is 1.82. The van der Waals surface area contributed by atoms with Crippen LogP contribution in [0.25, 0.3) is 0 Å². The molecule has 0 spiro atoms. The molecule has 3 aromatic rings. The first-order chi connectivity index (χ1) is 16.4. The Bertz CT molecular complexity index is 1040. The predicted octanol–water partition coefficient (Wildman–Crippen LogP) is 4.42. The molecule has 1 heterocycles. The van der Waals surface area contributed by atoms with E-state index in [1.807, 2.05) is 50.2 Å². The minimum absolute atomic E-state index is 0.0762. The summed E-state index contributed by atoms with van der Waals surface area (Å²) in [6.45, 7) is 4.52. The second kappa shape index (κ2) is 11.9. The summed E-state index contributed by atoms with van der Waals surface area (Å²) >= 11 is 0. The fourth-order valence-electron chi connectivity index (χ4n) is 3.73. The van der Waals surface area contributed by atoms with Crippen molar-refractivity contribution in [3.05, 3.63) is 83.8 Å². The summed E-state index contributed by atoms with van der Waals surface area (Å²) in [6, 6.07) is 18.6. The van der Waals surface area contributed by atoms with Crippen molar-refractivity contribution in [2.24, 2.45) is 0 Å². The number of carbonyl (C=O) groups excluding carboxylic acids is 2. The summed E-state index contributed by atoms with van der Waals surface area (Å²) in [5, 5.41) is 0. The number of benzene rings is 2. The molecule has 0 fully saturated rings. The normalized spacial score (nSPS) is 10.7. The van der Waals surface area contributed by atoms with Gasteiger partial charge in [-0.3, -0.25) is 9.59 Å². The van der Waals surface area contributed by atoms with Crippen LogP contribution in [0.5, 0.6) is 11.5 Å². The second-order valence-electron chi connectivity index (χ2n) is 8.19. The molecular weight excluding hydrogens is 432 g/mol. The van der Waals surface area contributed by atoms with Gasteiger partial charge in [0.15, 0.2) is 0 Å². The van der Waals surface area contributed by atoms with Crippen LogP contribution in [-0.2, 0) is 17.8 Å². The van der Waals surface area contributed by atoms with Crippen LogP contribution in [0.3, 0.4) is 0 Å². The van der Waals surface area contributed by atoms with Gasteiger partial charge in [-0.15, -0.1) is 0 Å². The Hall–Kier alpha value is -3.74. The molecule has 0 aliphatic heterocycles. The van der Waals surface area contributed by atoms with Crippen molar-refractivity contribution in [3.8, 4) is 11.5 Å². The zero-order valence-corrected chi connectivity index (χ0v) is 20.2. The third-order valence-electron chi connectivity index (χ3n) is 5.62. The van der Waals surface area contributed by atoms with Crippen LogP contribution in [-0.4, -0.2) is 55.0 Å². The molecule has 0 bridgehead atoms. The number of nitrogens with zero attached hydrogens (tertiary/aromatic N) is 2. The van der Waals surface area contributed by atoms with Gasteiger partial charge >= 0.3 is 0 Å². The number of ether oxygens (including phenoxy) is 2. The number of methoxy groups -OCH3 is 2. The SMILES string of the molecule is COc1cccc(OC)c1C(=O)N(CC(=O)N(CCc1ccccc1)Cc1ccco1)C(C)C. The number of amides is 2. The zero-order valence-electron chi connectivity index (χ0n) is 20.2. The van der Waals surface area contributed by atoms with Gasteiger partial charge < -0.3 is 23.7 Å². The highest BCUT2D eigenvalue weighted by Crippen LogP contribution is 2.30. The van der Waals surface area contributed by atoms with Crippen LogP contribution in [0.1, 0.15) is 35.5 Å². The maximum Gasteiger partial charge on any atom is 0.262 e.